The van der Waals surface area contributed by atoms with Crippen molar-refractivity contribution in [2.45, 2.75) is 33.6 Å². The maximum atomic E-state index is 9.71. The predicted molar refractivity (Wildman–Crippen MR) is 100 cm³/mol. The lowest BCUT2D eigenvalue weighted by Gasteiger charge is -2.13. The van der Waals surface area contributed by atoms with Gasteiger partial charge in [-0.25, -0.2) is 9.97 Å². The van der Waals surface area contributed by atoms with Crippen molar-refractivity contribution in [3.63, 3.8) is 0 Å². The molecular formula is C20H19N5O. The van der Waals surface area contributed by atoms with Crippen LogP contribution in [0.4, 0.5) is 0 Å². The third-order valence-corrected chi connectivity index (χ3v) is 4.59. The second-order valence-corrected chi connectivity index (χ2v) is 6.01. The summed E-state index contributed by atoms with van der Waals surface area (Å²) in [7, 11) is 0. The standard InChI is InChI=1S/C20H19N5O/c1-4-12-13(11-21)20(26-6-3)24-18-17(12)19-22-14-9-7-8-10-15(14)25(19)16(5-2)23-18/h7-10H,4-6H2,1-3H3. The average molecular weight is 345 g/mol. The summed E-state index contributed by atoms with van der Waals surface area (Å²) >= 11 is 0. The van der Waals surface area contributed by atoms with Gasteiger partial charge in [-0.05, 0) is 31.0 Å². The Bertz CT molecular complexity index is 1190. The summed E-state index contributed by atoms with van der Waals surface area (Å²) in [6.07, 6.45) is 1.42. The summed E-state index contributed by atoms with van der Waals surface area (Å²) in [5.74, 6) is 1.25. The molecule has 0 amide bonds. The number of aromatic nitrogens is 4. The van der Waals surface area contributed by atoms with E-state index in [9.17, 15) is 5.26 Å². The first-order chi connectivity index (χ1) is 12.7. The lowest BCUT2D eigenvalue weighted by Crippen LogP contribution is -2.07. The van der Waals surface area contributed by atoms with E-state index in [-0.39, 0.29) is 0 Å². The third kappa shape index (κ3) is 2.21. The predicted octanol–water partition coefficient (Wildman–Crippen LogP) is 3.83. The van der Waals surface area contributed by atoms with Crippen LogP contribution >= 0.6 is 0 Å². The molecule has 0 aliphatic rings. The quantitative estimate of drug-likeness (QED) is 0.562. The Morgan fingerprint density at radius 1 is 1.08 bits per heavy atom. The molecule has 0 saturated heterocycles. The number of hydrogen-bond acceptors (Lipinski definition) is 5. The van der Waals surface area contributed by atoms with Crippen molar-refractivity contribution in [2.24, 2.45) is 0 Å². The highest BCUT2D eigenvalue weighted by Crippen LogP contribution is 2.32. The summed E-state index contributed by atoms with van der Waals surface area (Å²) < 4.78 is 7.71. The number of pyridine rings is 1. The Labute approximate surface area is 151 Å². The van der Waals surface area contributed by atoms with Gasteiger partial charge in [-0.3, -0.25) is 4.40 Å². The SMILES string of the molecule is CCOc1nc2nc(CC)n3c4ccccc4nc3c2c(CC)c1C#N. The highest BCUT2D eigenvalue weighted by molar-refractivity contribution is 5.98. The fourth-order valence-corrected chi connectivity index (χ4v) is 3.49. The molecule has 0 spiro atoms. The van der Waals surface area contributed by atoms with Crippen LogP contribution in [-0.4, -0.2) is 26.0 Å². The van der Waals surface area contributed by atoms with E-state index in [1.165, 1.54) is 0 Å². The maximum Gasteiger partial charge on any atom is 0.234 e. The minimum Gasteiger partial charge on any atom is -0.477 e. The number of fused-ring (bicyclic) bond motifs is 5. The molecule has 0 unspecified atom stereocenters. The summed E-state index contributed by atoms with van der Waals surface area (Å²) in [6.45, 7) is 6.43. The molecule has 26 heavy (non-hydrogen) atoms. The number of aryl methyl sites for hydroxylation is 2. The van der Waals surface area contributed by atoms with Gasteiger partial charge in [0.15, 0.2) is 11.3 Å². The number of benzene rings is 1. The fourth-order valence-electron chi connectivity index (χ4n) is 3.49. The second-order valence-electron chi connectivity index (χ2n) is 6.01. The summed E-state index contributed by atoms with van der Waals surface area (Å²) in [4.78, 5) is 14.2. The molecule has 0 atom stereocenters. The van der Waals surface area contributed by atoms with Crippen molar-refractivity contribution in [2.75, 3.05) is 6.61 Å². The van der Waals surface area contributed by atoms with E-state index in [2.05, 4.69) is 22.4 Å². The number of para-hydroxylation sites is 2. The summed E-state index contributed by atoms with van der Waals surface area (Å²) in [6, 6.07) is 10.3. The van der Waals surface area contributed by atoms with Gasteiger partial charge in [0.25, 0.3) is 0 Å². The lowest BCUT2D eigenvalue weighted by molar-refractivity contribution is 0.326. The van der Waals surface area contributed by atoms with Gasteiger partial charge < -0.3 is 4.74 Å². The fraction of sp³-hybridized carbons (Fsp3) is 0.300. The van der Waals surface area contributed by atoms with Crippen LogP contribution in [0.25, 0.3) is 27.7 Å². The number of nitrogens with zero attached hydrogens (tertiary/aromatic N) is 5. The number of rotatable bonds is 4. The van der Waals surface area contributed by atoms with Crippen LogP contribution in [0.5, 0.6) is 5.88 Å². The third-order valence-electron chi connectivity index (χ3n) is 4.59. The van der Waals surface area contributed by atoms with Gasteiger partial charge in [0.1, 0.15) is 17.5 Å². The molecule has 4 rings (SSSR count). The van der Waals surface area contributed by atoms with Crippen LogP contribution in [0.2, 0.25) is 0 Å². The summed E-state index contributed by atoms with van der Waals surface area (Å²) in [5.41, 5.74) is 4.67. The van der Waals surface area contributed by atoms with Crippen molar-refractivity contribution in [3.05, 3.63) is 41.2 Å². The highest BCUT2D eigenvalue weighted by Gasteiger charge is 2.21. The van der Waals surface area contributed by atoms with Gasteiger partial charge in [-0.15, -0.1) is 0 Å². The van der Waals surface area contributed by atoms with Crippen LogP contribution in [0, 0.1) is 11.3 Å². The first-order valence-electron chi connectivity index (χ1n) is 8.88. The molecule has 0 radical (unpaired) electrons. The van der Waals surface area contributed by atoms with E-state index in [4.69, 9.17) is 14.7 Å². The normalized spacial score (nSPS) is 11.3. The van der Waals surface area contributed by atoms with Gasteiger partial charge >= 0.3 is 0 Å². The van der Waals surface area contributed by atoms with Gasteiger partial charge in [0.2, 0.25) is 5.88 Å². The topological polar surface area (TPSA) is 76.1 Å². The number of ether oxygens (including phenoxy) is 1. The number of hydrogen-bond donors (Lipinski definition) is 0. The molecule has 1 aromatic carbocycles. The molecule has 6 nitrogen and oxygen atoms in total. The Balaban J connectivity index is 2.26. The average Bonchev–Trinajstić information content (AvgIpc) is 3.06. The molecule has 4 aromatic rings. The van der Waals surface area contributed by atoms with Crippen molar-refractivity contribution in [3.8, 4) is 11.9 Å². The van der Waals surface area contributed by atoms with E-state index in [1.807, 2.05) is 38.1 Å². The van der Waals surface area contributed by atoms with Crippen molar-refractivity contribution >= 4 is 27.7 Å². The van der Waals surface area contributed by atoms with Gasteiger partial charge in [-0.1, -0.05) is 26.0 Å². The van der Waals surface area contributed by atoms with Crippen molar-refractivity contribution < 1.29 is 4.74 Å². The molecule has 0 bridgehead atoms. The van der Waals surface area contributed by atoms with Crippen LogP contribution in [-0.2, 0) is 12.8 Å². The first-order valence-corrected chi connectivity index (χ1v) is 8.88. The summed E-state index contributed by atoms with van der Waals surface area (Å²) in [5, 5.41) is 10.5. The van der Waals surface area contributed by atoms with E-state index >= 15 is 0 Å². The van der Waals surface area contributed by atoms with E-state index in [1.54, 1.807) is 0 Å². The second kappa shape index (κ2) is 6.26. The minimum absolute atomic E-state index is 0.356. The monoisotopic (exact) mass is 345 g/mol. The largest absolute Gasteiger partial charge is 0.477 e. The van der Waals surface area contributed by atoms with E-state index < -0.39 is 0 Å². The molecule has 3 heterocycles. The van der Waals surface area contributed by atoms with Crippen molar-refractivity contribution in [1.82, 2.24) is 19.4 Å². The smallest absolute Gasteiger partial charge is 0.234 e. The molecule has 0 fully saturated rings. The van der Waals surface area contributed by atoms with Crippen LogP contribution < -0.4 is 4.74 Å². The molecule has 0 aliphatic heterocycles. The molecule has 130 valence electrons. The lowest BCUT2D eigenvalue weighted by atomic mass is 10.0. The van der Waals surface area contributed by atoms with Gasteiger partial charge in [0, 0.05) is 6.42 Å². The van der Waals surface area contributed by atoms with E-state index in [0.717, 1.165) is 39.9 Å². The molecular weight excluding hydrogens is 326 g/mol. The van der Waals surface area contributed by atoms with Crippen LogP contribution in [0.1, 0.15) is 37.7 Å². The van der Waals surface area contributed by atoms with Crippen molar-refractivity contribution in [1.29, 1.82) is 5.26 Å². The van der Waals surface area contributed by atoms with Gasteiger partial charge in [0.05, 0.1) is 23.0 Å². The molecule has 0 N–H and O–H groups in total. The first kappa shape index (κ1) is 16.3. The maximum absolute atomic E-state index is 9.71. The Morgan fingerprint density at radius 2 is 1.88 bits per heavy atom. The number of nitriles is 1. The number of imidazole rings is 1. The Hall–Kier alpha value is -3.20. The Morgan fingerprint density at radius 3 is 2.58 bits per heavy atom. The van der Waals surface area contributed by atoms with Crippen LogP contribution in [0.3, 0.4) is 0 Å². The van der Waals surface area contributed by atoms with Gasteiger partial charge in [-0.2, -0.15) is 10.2 Å². The molecule has 0 saturated carbocycles. The molecule has 0 aliphatic carbocycles. The zero-order valence-electron chi connectivity index (χ0n) is 15.1. The minimum atomic E-state index is 0.356. The zero-order chi connectivity index (χ0) is 18.3. The van der Waals surface area contributed by atoms with Crippen LogP contribution in [0.15, 0.2) is 24.3 Å². The zero-order valence-corrected chi connectivity index (χ0v) is 15.1. The molecule has 6 heteroatoms. The van der Waals surface area contributed by atoms with E-state index in [0.29, 0.717) is 30.1 Å². The molecule has 3 aromatic heterocycles. The Kier molecular flexibility index (Phi) is 3.92. The highest BCUT2D eigenvalue weighted by atomic mass is 16.5.